The molecular formula is C29H34N4O2. The van der Waals surface area contributed by atoms with Crippen LogP contribution in [0.25, 0.3) is 10.9 Å². The summed E-state index contributed by atoms with van der Waals surface area (Å²) in [5.41, 5.74) is 9.38. The molecule has 2 aromatic carbocycles. The van der Waals surface area contributed by atoms with Crippen molar-refractivity contribution in [1.29, 1.82) is 0 Å². The van der Waals surface area contributed by atoms with E-state index < -0.39 is 0 Å². The number of hydrogen-bond donors (Lipinski definition) is 2. The minimum Gasteiger partial charge on any atom is -0.508 e. The molecule has 6 rings (SSSR count). The highest BCUT2D eigenvalue weighted by molar-refractivity contribution is 5.87. The summed E-state index contributed by atoms with van der Waals surface area (Å²) in [4.78, 5) is 15.0. The van der Waals surface area contributed by atoms with Gasteiger partial charge in [0.1, 0.15) is 5.75 Å². The Bertz CT molecular complexity index is 1250. The van der Waals surface area contributed by atoms with E-state index in [0.717, 1.165) is 37.4 Å². The van der Waals surface area contributed by atoms with Gasteiger partial charge in [-0.2, -0.15) is 5.10 Å². The van der Waals surface area contributed by atoms with Gasteiger partial charge in [0.25, 0.3) is 5.91 Å². The Balaban J connectivity index is 1.20. The highest BCUT2D eigenvalue weighted by Gasteiger charge is 2.35. The molecule has 1 saturated carbocycles. The molecule has 1 atom stereocenters. The van der Waals surface area contributed by atoms with Crippen molar-refractivity contribution in [2.75, 3.05) is 13.1 Å². The number of fused-ring (bicyclic) bond motifs is 3. The van der Waals surface area contributed by atoms with Crippen molar-refractivity contribution < 1.29 is 9.90 Å². The Morgan fingerprint density at radius 1 is 1.03 bits per heavy atom. The van der Waals surface area contributed by atoms with Gasteiger partial charge in [0.05, 0.1) is 18.8 Å². The van der Waals surface area contributed by atoms with Crippen LogP contribution in [0, 0.1) is 0 Å². The number of aromatic hydroxyl groups is 1. The molecule has 6 nitrogen and oxygen atoms in total. The van der Waals surface area contributed by atoms with E-state index in [9.17, 15) is 9.90 Å². The van der Waals surface area contributed by atoms with Crippen molar-refractivity contribution in [3.05, 3.63) is 64.8 Å². The van der Waals surface area contributed by atoms with Crippen LogP contribution in [0.15, 0.2) is 47.6 Å². The van der Waals surface area contributed by atoms with E-state index in [0.29, 0.717) is 12.6 Å². The summed E-state index contributed by atoms with van der Waals surface area (Å²) in [7, 11) is 0. The number of hydrazone groups is 1. The summed E-state index contributed by atoms with van der Waals surface area (Å²) in [5, 5.41) is 15.0. The first-order valence-electron chi connectivity index (χ1n) is 13.2. The second-order valence-corrected chi connectivity index (χ2v) is 10.4. The maximum absolute atomic E-state index is 12.7. The molecule has 0 saturated heterocycles. The number of carbonyl (C=O) groups excluding carboxylic acids is 1. The lowest BCUT2D eigenvalue weighted by Crippen LogP contribution is -2.44. The fourth-order valence-electron chi connectivity index (χ4n) is 6.53. The molecule has 0 radical (unpaired) electrons. The van der Waals surface area contributed by atoms with Crippen molar-refractivity contribution in [3.8, 4) is 5.75 Å². The van der Waals surface area contributed by atoms with E-state index in [1.807, 2.05) is 0 Å². The molecular weight excluding hydrogens is 436 g/mol. The number of aryl methyl sites for hydroxylation is 1. The molecule has 2 N–H and O–H groups in total. The number of phenols is 1. The third kappa shape index (κ3) is 4.36. The van der Waals surface area contributed by atoms with Crippen LogP contribution < -0.4 is 5.43 Å². The lowest BCUT2D eigenvalue weighted by Gasteiger charge is -2.39. The van der Waals surface area contributed by atoms with Gasteiger partial charge in [0, 0.05) is 29.7 Å². The van der Waals surface area contributed by atoms with E-state index in [2.05, 4.69) is 38.2 Å². The Hall–Kier alpha value is -3.12. The molecule has 2 aliphatic carbocycles. The summed E-state index contributed by atoms with van der Waals surface area (Å²) in [6.45, 7) is 2.15. The molecule has 182 valence electrons. The molecule has 35 heavy (non-hydrogen) atoms. The van der Waals surface area contributed by atoms with Gasteiger partial charge < -0.3 is 9.67 Å². The monoisotopic (exact) mass is 470 g/mol. The molecule has 2 heterocycles. The maximum atomic E-state index is 12.7. The van der Waals surface area contributed by atoms with Crippen molar-refractivity contribution in [1.82, 2.24) is 14.9 Å². The Labute approximate surface area is 206 Å². The first-order valence-corrected chi connectivity index (χ1v) is 13.2. The van der Waals surface area contributed by atoms with Crippen LogP contribution in [0.2, 0.25) is 0 Å². The number of aromatic nitrogens is 1. The fraction of sp³-hybridized carbons (Fsp3) is 0.448. The van der Waals surface area contributed by atoms with Gasteiger partial charge >= 0.3 is 0 Å². The lowest BCUT2D eigenvalue weighted by atomic mass is 9.83. The Kier molecular flexibility index (Phi) is 6.06. The summed E-state index contributed by atoms with van der Waals surface area (Å²) in [6, 6.07) is 14.3. The van der Waals surface area contributed by atoms with Gasteiger partial charge in [-0.05, 0) is 91.1 Å². The predicted molar refractivity (Wildman–Crippen MR) is 139 cm³/mol. The number of benzene rings is 2. The SMILES string of the molecule is O=C(CN1CCn2c3c(c4cc(C5CCCCC5)ccc42)CCC[C@@H]31)N/N=C\c1ccc(O)cc1. The van der Waals surface area contributed by atoms with E-state index in [4.69, 9.17) is 0 Å². The van der Waals surface area contributed by atoms with Crippen LogP contribution in [0.1, 0.15) is 79.3 Å². The van der Waals surface area contributed by atoms with Crippen LogP contribution in [0.4, 0.5) is 0 Å². The number of phenolic OH excluding ortho intramolecular Hbond substituents is 1. The minimum atomic E-state index is -0.0868. The Morgan fingerprint density at radius 2 is 1.86 bits per heavy atom. The zero-order valence-corrected chi connectivity index (χ0v) is 20.2. The van der Waals surface area contributed by atoms with Gasteiger partial charge in [0.2, 0.25) is 0 Å². The highest BCUT2D eigenvalue weighted by Crippen LogP contribution is 2.44. The zero-order valence-electron chi connectivity index (χ0n) is 20.2. The molecule has 6 heteroatoms. The quantitative estimate of drug-likeness (QED) is 0.396. The third-order valence-electron chi connectivity index (χ3n) is 8.23. The average Bonchev–Trinajstić information content (AvgIpc) is 3.22. The first-order chi connectivity index (χ1) is 17.2. The highest BCUT2D eigenvalue weighted by atomic mass is 16.3. The van der Waals surface area contributed by atoms with Gasteiger partial charge in [-0.1, -0.05) is 25.3 Å². The minimum absolute atomic E-state index is 0.0868. The summed E-state index contributed by atoms with van der Waals surface area (Å²) in [6.07, 6.45) is 11.8. The fourth-order valence-corrected chi connectivity index (χ4v) is 6.53. The van der Waals surface area contributed by atoms with E-state index in [1.165, 1.54) is 66.2 Å². The van der Waals surface area contributed by atoms with E-state index in [-0.39, 0.29) is 11.7 Å². The van der Waals surface area contributed by atoms with Crippen LogP contribution in [0.3, 0.4) is 0 Å². The van der Waals surface area contributed by atoms with Crippen LogP contribution in [0.5, 0.6) is 5.75 Å². The van der Waals surface area contributed by atoms with Crippen molar-refractivity contribution in [3.63, 3.8) is 0 Å². The number of carbonyl (C=O) groups is 1. The zero-order chi connectivity index (χ0) is 23.8. The Morgan fingerprint density at radius 3 is 2.69 bits per heavy atom. The molecule has 1 amide bonds. The number of nitrogens with zero attached hydrogens (tertiary/aromatic N) is 3. The molecule has 1 aromatic heterocycles. The molecule has 1 fully saturated rings. The molecule has 3 aliphatic rings. The summed E-state index contributed by atoms with van der Waals surface area (Å²) < 4.78 is 2.54. The van der Waals surface area contributed by atoms with Crippen molar-refractivity contribution >= 4 is 23.0 Å². The maximum Gasteiger partial charge on any atom is 0.254 e. The normalized spacial score (nSPS) is 20.9. The molecule has 0 spiro atoms. The average molecular weight is 471 g/mol. The van der Waals surface area contributed by atoms with Crippen LogP contribution in [-0.2, 0) is 17.8 Å². The van der Waals surface area contributed by atoms with Crippen LogP contribution >= 0.6 is 0 Å². The lowest BCUT2D eigenvalue weighted by molar-refractivity contribution is -0.123. The number of hydrogen-bond acceptors (Lipinski definition) is 4. The second kappa shape index (κ2) is 9.50. The van der Waals surface area contributed by atoms with Crippen molar-refractivity contribution in [2.24, 2.45) is 5.10 Å². The molecule has 0 bridgehead atoms. The molecule has 3 aromatic rings. The first kappa shape index (κ1) is 22.4. The smallest absolute Gasteiger partial charge is 0.254 e. The number of nitrogens with one attached hydrogen (secondary N) is 1. The van der Waals surface area contributed by atoms with Gasteiger partial charge in [0.15, 0.2) is 0 Å². The second-order valence-electron chi connectivity index (χ2n) is 10.4. The summed E-state index contributed by atoms with van der Waals surface area (Å²) in [5.74, 6) is 0.848. The molecule has 1 aliphatic heterocycles. The topological polar surface area (TPSA) is 69.9 Å². The summed E-state index contributed by atoms with van der Waals surface area (Å²) >= 11 is 0. The van der Waals surface area contributed by atoms with E-state index in [1.54, 1.807) is 30.5 Å². The van der Waals surface area contributed by atoms with Crippen molar-refractivity contribution in [2.45, 2.75) is 69.9 Å². The third-order valence-corrected chi connectivity index (χ3v) is 8.23. The standard InChI is InChI=1S/C29H34N4O2/c34-23-12-9-20(10-13-23)18-30-31-28(35)19-32-15-16-33-26-14-11-22(21-5-2-1-3-6-21)17-25(26)24-7-4-8-27(32)29(24)33/h9-14,17-18,21,27,34H,1-8,15-16,19H2,(H,31,35)/b30-18-/t27-/m0/s1. The molecule has 0 unspecified atom stereocenters. The van der Waals surface area contributed by atoms with E-state index >= 15 is 0 Å². The number of rotatable bonds is 5. The number of amides is 1. The van der Waals surface area contributed by atoms with Gasteiger partial charge in [-0.15, -0.1) is 0 Å². The van der Waals surface area contributed by atoms with Gasteiger partial charge in [-0.25, -0.2) is 5.43 Å². The van der Waals surface area contributed by atoms with Gasteiger partial charge in [-0.3, -0.25) is 9.69 Å². The predicted octanol–water partition coefficient (Wildman–Crippen LogP) is 5.24. The largest absolute Gasteiger partial charge is 0.508 e. The van der Waals surface area contributed by atoms with Crippen LogP contribution in [-0.4, -0.2) is 39.8 Å².